The molecule has 1 unspecified atom stereocenters. The SMILES string of the molecule is CC(NC1CC1)c1ccc(C(F)F)cc1. The molecule has 1 nitrogen and oxygen atoms in total. The van der Waals surface area contributed by atoms with Crippen LogP contribution in [-0.4, -0.2) is 6.04 Å². The largest absolute Gasteiger partial charge is 0.307 e. The van der Waals surface area contributed by atoms with Crippen LogP contribution in [0.1, 0.15) is 43.4 Å². The van der Waals surface area contributed by atoms with E-state index >= 15 is 0 Å². The summed E-state index contributed by atoms with van der Waals surface area (Å²) in [5.41, 5.74) is 1.17. The molecule has 0 saturated heterocycles. The van der Waals surface area contributed by atoms with Crippen LogP contribution in [0.15, 0.2) is 24.3 Å². The Morgan fingerprint density at radius 1 is 1.13 bits per heavy atom. The molecule has 15 heavy (non-hydrogen) atoms. The molecule has 0 spiro atoms. The third-order valence-corrected chi connectivity index (χ3v) is 2.75. The van der Waals surface area contributed by atoms with Crippen molar-refractivity contribution in [3.8, 4) is 0 Å². The lowest BCUT2D eigenvalue weighted by Gasteiger charge is -2.13. The summed E-state index contributed by atoms with van der Waals surface area (Å²) in [6.45, 7) is 2.07. The van der Waals surface area contributed by atoms with E-state index in [-0.39, 0.29) is 11.6 Å². The molecular weight excluding hydrogens is 196 g/mol. The minimum Gasteiger partial charge on any atom is -0.307 e. The predicted molar refractivity (Wildman–Crippen MR) is 56.0 cm³/mol. The Balaban J connectivity index is 2.01. The zero-order valence-corrected chi connectivity index (χ0v) is 8.71. The fourth-order valence-corrected chi connectivity index (χ4v) is 1.63. The van der Waals surface area contributed by atoms with E-state index < -0.39 is 6.43 Å². The molecule has 1 atom stereocenters. The van der Waals surface area contributed by atoms with Gasteiger partial charge in [0.25, 0.3) is 6.43 Å². The second kappa shape index (κ2) is 4.27. The van der Waals surface area contributed by atoms with Crippen molar-refractivity contribution < 1.29 is 8.78 Å². The van der Waals surface area contributed by atoms with Crippen LogP contribution in [0.2, 0.25) is 0 Å². The van der Waals surface area contributed by atoms with Crippen molar-refractivity contribution in [3.05, 3.63) is 35.4 Å². The van der Waals surface area contributed by atoms with E-state index in [9.17, 15) is 8.78 Å². The maximum Gasteiger partial charge on any atom is 0.263 e. The molecule has 0 aromatic heterocycles. The normalized spacial score (nSPS) is 18.1. The second-order valence-electron chi connectivity index (χ2n) is 4.13. The van der Waals surface area contributed by atoms with E-state index in [1.165, 1.54) is 25.0 Å². The first kappa shape index (κ1) is 10.6. The maximum absolute atomic E-state index is 12.3. The Hall–Kier alpha value is -0.960. The Kier molecular flexibility index (Phi) is 3.00. The summed E-state index contributed by atoms with van der Waals surface area (Å²) in [7, 11) is 0. The first-order chi connectivity index (χ1) is 7.16. The van der Waals surface area contributed by atoms with Crippen LogP contribution in [-0.2, 0) is 0 Å². The number of benzene rings is 1. The zero-order valence-electron chi connectivity index (χ0n) is 8.71. The van der Waals surface area contributed by atoms with Crippen molar-refractivity contribution in [1.82, 2.24) is 5.32 Å². The summed E-state index contributed by atoms with van der Waals surface area (Å²) in [5.74, 6) is 0. The number of nitrogens with one attached hydrogen (secondary N) is 1. The Bertz CT molecular complexity index is 317. The van der Waals surface area contributed by atoms with Gasteiger partial charge in [-0.05, 0) is 25.3 Å². The van der Waals surface area contributed by atoms with Gasteiger partial charge in [-0.15, -0.1) is 0 Å². The lowest BCUT2D eigenvalue weighted by Crippen LogP contribution is -2.20. The molecule has 3 heteroatoms. The summed E-state index contributed by atoms with van der Waals surface area (Å²) < 4.78 is 24.6. The quantitative estimate of drug-likeness (QED) is 0.804. The topological polar surface area (TPSA) is 12.0 Å². The molecule has 0 radical (unpaired) electrons. The number of hydrogen-bond donors (Lipinski definition) is 1. The molecule has 1 aromatic carbocycles. The first-order valence-electron chi connectivity index (χ1n) is 5.31. The molecule has 2 rings (SSSR count). The molecule has 1 saturated carbocycles. The fourth-order valence-electron chi connectivity index (χ4n) is 1.63. The van der Waals surface area contributed by atoms with Gasteiger partial charge in [-0.25, -0.2) is 8.78 Å². The number of rotatable bonds is 4. The minimum atomic E-state index is -2.37. The van der Waals surface area contributed by atoms with Crippen LogP contribution in [0.3, 0.4) is 0 Å². The van der Waals surface area contributed by atoms with Crippen LogP contribution in [0.25, 0.3) is 0 Å². The van der Waals surface area contributed by atoms with E-state index in [2.05, 4.69) is 12.2 Å². The predicted octanol–water partition coefficient (Wildman–Crippen LogP) is 3.44. The van der Waals surface area contributed by atoms with Gasteiger partial charge in [0.1, 0.15) is 0 Å². The molecule has 0 amide bonds. The smallest absolute Gasteiger partial charge is 0.263 e. The van der Waals surface area contributed by atoms with Gasteiger partial charge in [-0.2, -0.15) is 0 Å². The van der Waals surface area contributed by atoms with Gasteiger partial charge >= 0.3 is 0 Å². The molecule has 0 aliphatic heterocycles. The third-order valence-electron chi connectivity index (χ3n) is 2.75. The van der Waals surface area contributed by atoms with Gasteiger partial charge in [0.2, 0.25) is 0 Å². The molecule has 1 aliphatic rings. The first-order valence-corrected chi connectivity index (χ1v) is 5.31. The minimum absolute atomic E-state index is 0.0948. The highest BCUT2D eigenvalue weighted by Crippen LogP contribution is 2.25. The van der Waals surface area contributed by atoms with Crippen molar-refractivity contribution in [1.29, 1.82) is 0 Å². The van der Waals surface area contributed by atoms with Gasteiger partial charge in [0.15, 0.2) is 0 Å². The molecule has 1 aromatic rings. The number of hydrogen-bond acceptors (Lipinski definition) is 1. The van der Waals surface area contributed by atoms with Crippen LogP contribution in [0.4, 0.5) is 8.78 Å². The maximum atomic E-state index is 12.3. The second-order valence-corrected chi connectivity index (χ2v) is 4.13. The van der Waals surface area contributed by atoms with Gasteiger partial charge in [0, 0.05) is 17.6 Å². The summed E-state index contributed by atoms with van der Waals surface area (Å²) in [6.07, 6.45) is 0.101. The van der Waals surface area contributed by atoms with Crippen LogP contribution in [0, 0.1) is 0 Å². The van der Waals surface area contributed by atoms with Gasteiger partial charge in [-0.3, -0.25) is 0 Å². The van der Waals surface area contributed by atoms with E-state index in [1.54, 1.807) is 12.1 Å². The van der Waals surface area contributed by atoms with Crippen molar-refractivity contribution in [2.45, 2.75) is 38.3 Å². The summed E-state index contributed by atoms with van der Waals surface area (Å²) in [6, 6.07) is 7.46. The van der Waals surface area contributed by atoms with Crippen LogP contribution >= 0.6 is 0 Å². The Labute approximate surface area is 88.5 Å². The monoisotopic (exact) mass is 211 g/mol. The lowest BCUT2D eigenvalue weighted by atomic mass is 10.1. The van der Waals surface area contributed by atoms with Gasteiger partial charge < -0.3 is 5.32 Å². The van der Waals surface area contributed by atoms with Gasteiger partial charge in [-0.1, -0.05) is 24.3 Å². The van der Waals surface area contributed by atoms with Crippen molar-refractivity contribution in [3.63, 3.8) is 0 Å². The Morgan fingerprint density at radius 2 is 1.67 bits per heavy atom. The van der Waals surface area contributed by atoms with Crippen molar-refractivity contribution in [2.24, 2.45) is 0 Å². The standard InChI is InChI=1S/C12H15F2N/c1-8(15-11-6-7-11)9-2-4-10(5-3-9)12(13)14/h2-5,8,11-12,15H,6-7H2,1H3. The molecule has 82 valence electrons. The Morgan fingerprint density at radius 3 is 2.13 bits per heavy atom. The van der Waals surface area contributed by atoms with E-state index in [0.29, 0.717) is 6.04 Å². The highest BCUT2D eigenvalue weighted by molar-refractivity contribution is 5.25. The molecule has 1 aliphatic carbocycles. The highest BCUT2D eigenvalue weighted by atomic mass is 19.3. The van der Waals surface area contributed by atoms with E-state index in [0.717, 1.165) is 5.56 Å². The molecule has 0 bridgehead atoms. The summed E-state index contributed by atoms with van der Waals surface area (Å²) >= 11 is 0. The van der Waals surface area contributed by atoms with E-state index in [1.807, 2.05) is 0 Å². The number of alkyl halides is 2. The van der Waals surface area contributed by atoms with Crippen LogP contribution in [0.5, 0.6) is 0 Å². The molecule has 1 N–H and O–H groups in total. The zero-order chi connectivity index (χ0) is 10.8. The summed E-state index contributed by atoms with van der Waals surface area (Å²) in [4.78, 5) is 0. The average Bonchev–Trinajstić information content (AvgIpc) is 3.02. The molecule has 1 fully saturated rings. The van der Waals surface area contributed by atoms with Gasteiger partial charge in [0.05, 0.1) is 0 Å². The summed E-state index contributed by atoms with van der Waals surface area (Å²) in [5, 5.41) is 3.43. The molecular formula is C12H15F2N. The van der Waals surface area contributed by atoms with E-state index in [4.69, 9.17) is 0 Å². The lowest BCUT2D eigenvalue weighted by molar-refractivity contribution is 0.151. The number of halogens is 2. The highest BCUT2D eigenvalue weighted by Gasteiger charge is 2.23. The molecule has 0 heterocycles. The fraction of sp³-hybridized carbons (Fsp3) is 0.500. The third kappa shape index (κ3) is 2.75. The van der Waals surface area contributed by atoms with Crippen molar-refractivity contribution >= 4 is 0 Å². The van der Waals surface area contributed by atoms with Crippen LogP contribution < -0.4 is 5.32 Å². The van der Waals surface area contributed by atoms with Crippen molar-refractivity contribution in [2.75, 3.05) is 0 Å². The average molecular weight is 211 g/mol.